The zero-order valence-electron chi connectivity index (χ0n) is 10.9. The Hall–Kier alpha value is -1.66. The van der Waals surface area contributed by atoms with Gasteiger partial charge in [-0.15, -0.1) is 0 Å². The average Bonchev–Trinajstić information content (AvgIpc) is 2.84. The molecule has 5 nitrogen and oxygen atoms in total. The zero-order chi connectivity index (χ0) is 13.9. The first-order chi connectivity index (χ1) is 9.00. The Balaban J connectivity index is 2.20. The minimum atomic E-state index is -3.16. The van der Waals surface area contributed by atoms with Gasteiger partial charge in [-0.25, -0.2) is 8.42 Å². The van der Waals surface area contributed by atoms with Crippen molar-refractivity contribution in [3.8, 4) is 11.3 Å². The van der Waals surface area contributed by atoms with Gasteiger partial charge in [-0.1, -0.05) is 12.1 Å². The van der Waals surface area contributed by atoms with Gasteiger partial charge in [0.2, 0.25) is 0 Å². The third-order valence-corrected chi connectivity index (χ3v) is 3.81. The van der Waals surface area contributed by atoms with Gasteiger partial charge < -0.3 is 9.84 Å². The number of rotatable bonds is 5. The number of sulfone groups is 1. The van der Waals surface area contributed by atoms with Gasteiger partial charge in [-0.2, -0.15) is 0 Å². The van der Waals surface area contributed by atoms with Crippen LogP contribution in [0.3, 0.4) is 0 Å². The summed E-state index contributed by atoms with van der Waals surface area (Å²) in [5, 5.41) is 7.10. The minimum Gasteiger partial charge on any atom is -0.356 e. The van der Waals surface area contributed by atoms with E-state index in [2.05, 4.69) is 10.5 Å². The van der Waals surface area contributed by atoms with Crippen LogP contribution in [0.1, 0.15) is 12.6 Å². The molecule has 0 aliphatic rings. The fourth-order valence-corrected chi connectivity index (χ4v) is 2.28. The molecule has 0 saturated heterocycles. The molecule has 0 atom stereocenters. The molecule has 1 aromatic heterocycles. The van der Waals surface area contributed by atoms with Gasteiger partial charge in [0, 0.05) is 24.4 Å². The maximum Gasteiger partial charge on any atom is 0.175 e. The summed E-state index contributed by atoms with van der Waals surface area (Å²) in [7, 11) is -3.16. The Kier molecular flexibility index (Phi) is 4.01. The highest BCUT2D eigenvalue weighted by Gasteiger charge is 2.09. The highest BCUT2D eigenvalue weighted by atomic mass is 32.2. The topological polar surface area (TPSA) is 72.2 Å². The predicted octanol–water partition coefficient (Wildman–Crippen LogP) is 1.85. The first-order valence-corrected chi connectivity index (χ1v) is 7.86. The van der Waals surface area contributed by atoms with Crippen LogP contribution in [0.4, 0.5) is 0 Å². The van der Waals surface area contributed by atoms with Gasteiger partial charge in [-0.05, 0) is 30.8 Å². The molecular weight excluding hydrogens is 264 g/mol. The van der Waals surface area contributed by atoms with Crippen molar-refractivity contribution in [3.63, 3.8) is 0 Å². The minimum absolute atomic E-state index is 0.295. The third-order valence-electron chi connectivity index (χ3n) is 2.68. The van der Waals surface area contributed by atoms with Gasteiger partial charge in [-0.3, -0.25) is 0 Å². The number of benzene rings is 1. The van der Waals surface area contributed by atoms with Crippen molar-refractivity contribution in [2.24, 2.45) is 0 Å². The van der Waals surface area contributed by atoms with Crippen molar-refractivity contribution in [1.29, 1.82) is 0 Å². The molecule has 0 saturated carbocycles. The first-order valence-electron chi connectivity index (χ1n) is 5.97. The summed E-state index contributed by atoms with van der Waals surface area (Å²) in [6, 6.07) is 8.41. The summed E-state index contributed by atoms with van der Waals surface area (Å²) < 4.78 is 28.0. The van der Waals surface area contributed by atoms with E-state index in [1.807, 2.05) is 13.0 Å². The Bertz CT molecular complexity index is 645. The largest absolute Gasteiger partial charge is 0.356 e. The summed E-state index contributed by atoms with van der Waals surface area (Å²) in [6.45, 7) is 3.54. The molecule has 0 amide bonds. The van der Waals surface area contributed by atoms with Crippen molar-refractivity contribution in [1.82, 2.24) is 10.5 Å². The fraction of sp³-hybridized carbons (Fsp3) is 0.308. The van der Waals surface area contributed by atoms with Crippen molar-refractivity contribution in [3.05, 3.63) is 36.0 Å². The highest BCUT2D eigenvalue weighted by Crippen LogP contribution is 2.22. The van der Waals surface area contributed by atoms with E-state index in [9.17, 15) is 8.42 Å². The van der Waals surface area contributed by atoms with Crippen LogP contribution < -0.4 is 5.32 Å². The second kappa shape index (κ2) is 5.54. The molecule has 1 heterocycles. The first kappa shape index (κ1) is 13.8. The van der Waals surface area contributed by atoms with Crippen LogP contribution in [0.15, 0.2) is 39.8 Å². The van der Waals surface area contributed by atoms with E-state index in [0.717, 1.165) is 17.8 Å². The molecule has 0 unspecified atom stereocenters. The van der Waals surface area contributed by atoms with E-state index in [0.29, 0.717) is 17.2 Å². The van der Waals surface area contributed by atoms with Crippen molar-refractivity contribution in [2.45, 2.75) is 18.4 Å². The van der Waals surface area contributed by atoms with Crippen LogP contribution in [0.2, 0.25) is 0 Å². The lowest BCUT2D eigenvalue weighted by Crippen LogP contribution is -2.11. The quantitative estimate of drug-likeness (QED) is 0.905. The summed E-state index contributed by atoms with van der Waals surface area (Å²) in [5.74, 6) is 0.632. The zero-order valence-corrected chi connectivity index (χ0v) is 11.7. The molecule has 6 heteroatoms. The predicted molar refractivity (Wildman–Crippen MR) is 72.4 cm³/mol. The second-order valence-electron chi connectivity index (χ2n) is 4.26. The molecule has 0 bridgehead atoms. The Morgan fingerprint density at radius 3 is 2.53 bits per heavy atom. The van der Waals surface area contributed by atoms with Gasteiger partial charge in [0.25, 0.3) is 0 Å². The molecule has 0 spiro atoms. The van der Waals surface area contributed by atoms with Crippen molar-refractivity contribution < 1.29 is 12.9 Å². The van der Waals surface area contributed by atoms with Crippen molar-refractivity contribution in [2.75, 3.05) is 12.8 Å². The highest BCUT2D eigenvalue weighted by molar-refractivity contribution is 7.90. The summed E-state index contributed by atoms with van der Waals surface area (Å²) in [4.78, 5) is 0.295. The van der Waals surface area contributed by atoms with Crippen LogP contribution >= 0.6 is 0 Å². The Morgan fingerprint density at radius 2 is 1.95 bits per heavy atom. The second-order valence-corrected chi connectivity index (χ2v) is 6.28. The molecule has 19 heavy (non-hydrogen) atoms. The van der Waals surface area contributed by atoms with Crippen LogP contribution in [0.25, 0.3) is 11.3 Å². The molecule has 1 aromatic carbocycles. The maximum absolute atomic E-state index is 11.4. The van der Waals surface area contributed by atoms with Crippen LogP contribution in [0, 0.1) is 0 Å². The molecule has 2 aromatic rings. The van der Waals surface area contributed by atoms with E-state index in [-0.39, 0.29) is 0 Å². The molecule has 0 aliphatic heterocycles. The molecule has 2 rings (SSSR count). The summed E-state index contributed by atoms with van der Waals surface area (Å²) in [5.41, 5.74) is 1.63. The lowest BCUT2D eigenvalue weighted by molar-refractivity contribution is 0.420. The lowest BCUT2D eigenvalue weighted by atomic mass is 10.1. The number of hydrogen-bond donors (Lipinski definition) is 1. The molecular formula is C13H16N2O3S. The molecule has 0 aliphatic carbocycles. The Morgan fingerprint density at radius 1 is 1.26 bits per heavy atom. The molecule has 0 fully saturated rings. The van der Waals surface area contributed by atoms with E-state index in [4.69, 9.17) is 4.52 Å². The van der Waals surface area contributed by atoms with Gasteiger partial charge in [0.05, 0.1) is 10.6 Å². The van der Waals surface area contributed by atoms with E-state index < -0.39 is 9.84 Å². The third kappa shape index (κ3) is 3.42. The monoisotopic (exact) mass is 280 g/mol. The van der Waals surface area contributed by atoms with Crippen molar-refractivity contribution >= 4 is 9.84 Å². The fourth-order valence-electron chi connectivity index (χ4n) is 1.65. The molecule has 1 N–H and O–H groups in total. The van der Waals surface area contributed by atoms with Gasteiger partial charge >= 0.3 is 0 Å². The van der Waals surface area contributed by atoms with Gasteiger partial charge in [0.15, 0.2) is 15.6 Å². The van der Waals surface area contributed by atoms with Gasteiger partial charge in [0.1, 0.15) is 0 Å². The maximum atomic E-state index is 11.4. The number of hydrogen-bond acceptors (Lipinski definition) is 5. The van der Waals surface area contributed by atoms with E-state index >= 15 is 0 Å². The Labute approximate surface area is 112 Å². The molecule has 0 radical (unpaired) electrons. The summed E-state index contributed by atoms with van der Waals surface area (Å²) in [6.07, 6.45) is 1.19. The van der Waals surface area contributed by atoms with E-state index in [1.54, 1.807) is 24.3 Å². The number of aromatic nitrogens is 1. The number of nitrogens with one attached hydrogen (secondary N) is 1. The SMILES string of the molecule is CCNCc1cc(-c2ccc(S(C)(=O)=O)cc2)on1. The van der Waals surface area contributed by atoms with E-state index in [1.165, 1.54) is 6.26 Å². The molecule has 102 valence electrons. The van der Waals surface area contributed by atoms with Crippen LogP contribution in [-0.2, 0) is 16.4 Å². The summed E-state index contributed by atoms with van der Waals surface area (Å²) >= 11 is 0. The lowest BCUT2D eigenvalue weighted by Gasteiger charge is -1.99. The standard InChI is InChI=1S/C13H16N2O3S/c1-3-14-9-11-8-13(18-15-11)10-4-6-12(7-5-10)19(2,16)17/h4-8,14H,3,9H2,1-2H3. The normalized spacial score (nSPS) is 11.7. The smallest absolute Gasteiger partial charge is 0.175 e. The number of nitrogens with zero attached hydrogens (tertiary/aromatic N) is 1. The average molecular weight is 280 g/mol. The van der Waals surface area contributed by atoms with Crippen LogP contribution in [-0.4, -0.2) is 26.4 Å². The van der Waals surface area contributed by atoms with Crippen LogP contribution in [0.5, 0.6) is 0 Å².